The molecule has 1 aromatic carbocycles. The highest BCUT2D eigenvalue weighted by Gasteiger charge is 2.93. The molecular weight excluding hydrogens is 522 g/mol. The number of esters is 3. The second-order valence-corrected chi connectivity index (χ2v) is 9.31. The van der Waals surface area contributed by atoms with E-state index in [2.05, 4.69) is 37.9 Å². The maximum absolute atomic E-state index is 13.0. The summed E-state index contributed by atoms with van der Waals surface area (Å²) >= 11 is 6.85. The second kappa shape index (κ2) is 7.97. The number of carbonyl (C=O) groups is 3. The SMILES string of the molecule is CCOC(=O)C1(C(=O)OCC)C[C@@]12C[C@@H](c1cc(Br)cc(Br)c1)C2(C#N)C(=O)OC. The fourth-order valence-electron chi connectivity index (χ4n) is 5.00. The van der Waals surface area contributed by atoms with Crippen molar-refractivity contribution in [2.75, 3.05) is 20.3 Å². The van der Waals surface area contributed by atoms with Gasteiger partial charge in [0.2, 0.25) is 0 Å². The molecule has 0 saturated heterocycles. The smallest absolute Gasteiger partial charge is 0.327 e. The molecule has 1 aromatic rings. The Morgan fingerprint density at radius 1 is 1.07 bits per heavy atom. The first kappa shape index (κ1) is 22.8. The van der Waals surface area contributed by atoms with Gasteiger partial charge in [-0.3, -0.25) is 14.4 Å². The third-order valence-electron chi connectivity index (χ3n) is 6.31. The molecule has 3 atom stereocenters. The summed E-state index contributed by atoms with van der Waals surface area (Å²) in [4.78, 5) is 38.9. The molecule has 160 valence electrons. The van der Waals surface area contributed by atoms with Gasteiger partial charge in [0.05, 0.1) is 26.4 Å². The van der Waals surface area contributed by atoms with Crippen molar-refractivity contribution in [2.45, 2.75) is 32.6 Å². The maximum Gasteiger partial charge on any atom is 0.327 e. The molecular formula is C21H21Br2NO6. The average molecular weight is 543 g/mol. The third-order valence-corrected chi connectivity index (χ3v) is 7.22. The van der Waals surface area contributed by atoms with Crippen molar-refractivity contribution in [3.05, 3.63) is 32.7 Å². The molecule has 0 amide bonds. The summed E-state index contributed by atoms with van der Waals surface area (Å²) in [6, 6.07) is 7.60. The van der Waals surface area contributed by atoms with E-state index in [1.165, 1.54) is 7.11 Å². The normalized spacial score (nSPS) is 28.1. The van der Waals surface area contributed by atoms with E-state index in [1.807, 2.05) is 18.2 Å². The van der Waals surface area contributed by atoms with E-state index in [0.29, 0.717) is 0 Å². The van der Waals surface area contributed by atoms with Crippen LogP contribution >= 0.6 is 31.9 Å². The Labute approximate surface area is 191 Å². The number of ether oxygens (including phenoxy) is 3. The zero-order chi connectivity index (χ0) is 22.3. The van der Waals surface area contributed by atoms with Gasteiger partial charge in [-0.1, -0.05) is 31.9 Å². The lowest BCUT2D eigenvalue weighted by Crippen LogP contribution is -2.59. The molecule has 2 fully saturated rings. The van der Waals surface area contributed by atoms with Crippen molar-refractivity contribution in [3.8, 4) is 6.07 Å². The Bertz CT molecular complexity index is 919. The van der Waals surface area contributed by atoms with Crippen LogP contribution < -0.4 is 0 Å². The topological polar surface area (TPSA) is 103 Å². The van der Waals surface area contributed by atoms with Crippen LogP contribution in [-0.4, -0.2) is 38.2 Å². The van der Waals surface area contributed by atoms with Gasteiger partial charge in [-0.05, 0) is 50.5 Å². The zero-order valence-corrected chi connectivity index (χ0v) is 20.0. The summed E-state index contributed by atoms with van der Waals surface area (Å²) in [5.74, 6) is -2.86. The molecule has 3 rings (SSSR count). The molecule has 2 saturated carbocycles. The number of halogens is 2. The Kier molecular flexibility index (Phi) is 6.04. The Balaban J connectivity index is 2.15. The highest BCUT2D eigenvalue weighted by molar-refractivity contribution is 9.11. The van der Waals surface area contributed by atoms with Gasteiger partial charge in [-0.25, -0.2) is 0 Å². The molecule has 0 heterocycles. The van der Waals surface area contributed by atoms with Gasteiger partial charge in [0, 0.05) is 20.3 Å². The van der Waals surface area contributed by atoms with Crippen LogP contribution in [-0.2, 0) is 28.6 Å². The van der Waals surface area contributed by atoms with Gasteiger partial charge < -0.3 is 14.2 Å². The molecule has 7 nitrogen and oxygen atoms in total. The van der Waals surface area contributed by atoms with Crippen molar-refractivity contribution in [3.63, 3.8) is 0 Å². The van der Waals surface area contributed by atoms with Crippen LogP contribution in [0.25, 0.3) is 0 Å². The van der Waals surface area contributed by atoms with Gasteiger partial charge in [0.25, 0.3) is 0 Å². The molecule has 1 spiro atoms. The zero-order valence-electron chi connectivity index (χ0n) is 16.8. The summed E-state index contributed by atoms with van der Waals surface area (Å²) in [5, 5.41) is 10.3. The Morgan fingerprint density at radius 3 is 2.03 bits per heavy atom. The minimum atomic E-state index is -1.72. The van der Waals surface area contributed by atoms with Crippen LogP contribution in [0.15, 0.2) is 27.1 Å². The van der Waals surface area contributed by atoms with E-state index < -0.39 is 40.1 Å². The van der Waals surface area contributed by atoms with E-state index in [1.54, 1.807) is 13.8 Å². The molecule has 2 aliphatic rings. The fourth-order valence-corrected chi connectivity index (χ4v) is 6.33. The summed E-state index contributed by atoms with van der Waals surface area (Å²) in [5.41, 5.74) is -3.92. The maximum atomic E-state index is 13.0. The summed E-state index contributed by atoms with van der Waals surface area (Å²) in [6.07, 6.45) is 0.280. The first-order valence-electron chi connectivity index (χ1n) is 9.50. The molecule has 0 radical (unpaired) electrons. The van der Waals surface area contributed by atoms with E-state index in [-0.39, 0.29) is 26.1 Å². The number of carbonyl (C=O) groups excluding carboxylic acids is 3. The predicted molar refractivity (Wildman–Crippen MR) is 112 cm³/mol. The Morgan fingerprint density at radius 2 is 1.60 bits per heavy atom. The summed E-state index contributed by atoms with van der Waals surface area (Å²) in [6.45, 7) is 3.39. The van der Waals surface area contributed by atoms with Crippen LogP contribution in [0.5, 0.6) is 0 Å². The van der Waals surface area contributed by atoms with Crippen molar-refractivity contribution < 1.29 is 28.6 Å². The van der Waals surface area contributed by atoms with Crippen LogP contribution in [0.4, 0.5) is 0 Å². The average Bonchev–Trinajstić information content (AvgIpc) is 3.40. The molecule has 0 aromatic heterocycles. The molecule has 9 heteroatoms. The van der Waals surface area contributed by atoms with E-state index >= 15 is 0 Å². The molecule has 1 unspecified atom stereocenters. The number of methoxy groups -OCH3 is 1. The number of nitrogens with zero attached hydrogens (tertiary/aromatic N) is 1. The van der Waals surface area contributed by atoms with E-state index in [9.17, 15) is 19.6 Å². The standard InChI is InChI=1S/C21H21Br2NO6/c1-4-29-17(26)20(18(27)30-5-2)10-19(20)9-15(21(19,11-24)16(25)28-3)12-6-13(22)8-14(23)7-12/h6-8,15H,4-5,9-10H2,1-3H3/t15-,19-,21?/m0/s1. The van der Waals surface area contributed by atoms with Crippen molar-refractivity contribution >= 4 is 49.8 Å². The number of hydrogen-bond donors (Lipinski definition) is 0. The largest absolute Gasteiger partial charge is 0.468 e. The van der Waals surface area contributed by atoms with Crippen LogP contribution in [0.1, 0.15) is 38.2 Å². The van der Waals surface area contributed by atoms with Crippen LogP contribution in [0.2, 0.25) is 0 Å². The van der Waals surface area contributed by atoms with Crippen LogP contribution in [0, 0.1) is 27.6 Å². The van der Waals surface area contributed by atoms with Gasteiger partial charge in [-0.15, -0.1) is 0 Å². The second-order valence-electron chi connectivity index (χ2n) is 7.48. The number of rotatable bonds is 6. The lowest BCUT2D eigenvalue weighted by Gasteiger charge is -2.52. The monoisotopic (exact) mass is 541 g/mol. The Hall–Kier alpha value is -1.92. The lowest BCUT2D eigenvalue weighted by molar-refractivity contribution is -0.179. The molecule has 30 heavy (non-hydrogen) atoms. The summed E-state index contributed by atoms with van der Waals surface area (Å²) in [7, 11) is 1.19. The molecule has 2 aliphatic carbocycles. The van der Waals surface area contributed by atoms with E-state index in [4.69, 9.17) is 14.2 Å². The van der Waals surface area contributed by atoms with Gasteiger partial charge in [-0.2, -0.15) is 5.26 Å². The number of benzene rings is 1. The third kappa shape index (κ3) is 2.83. The van der Waals surface area contributed by atoms with Crippen LogP contribution in [0.3, 0.4) is 0 Å². The van der Waals surface area contributed by atoms with Gasteiger partial charge >= 0.3 is 17.9 Å². The fraction of sp³-hybridized carbons (Fsp3) is 0.524. The number of hydrogen-bond acceptors (Lipinski definition) is 7. The van der Waals surface area contributed by atoms with Crippen molar-refractivity contribution in [2.24, 2.45) is 16.2 Å². The molecule has 0 bridgehead atoms. The van der Waals surface area contributed by atoms with Gasteiger partial charge in [0.15, 0.2) is 10.8 Å². The van der Waals surface area contributed by atoms with E-state index in [0.717, 1.165) is 14.5 Å². The van der Waals surface area contributed by atoms with Gasteiger partial charge in [0.1, 0.15) is 0 Å². The highest BCUT2D eigenvalue weighted by Crippen LogP contribution is 2.85. The molecule has 0 aliphatic heterocycles. The highest BCUT2D eigenvalue weighted by atomic mass is 79.9. The minimum Gasteiger partial charge on any atom is -0.468 e. The number of nitriles is 1. The first-order chi connectivity index (χ1) is 14.2. The lowest BCUT2D eigenvalue weighted by atomic mass is 9.46. The molecule has 0 N–H and O–H groups in total. The first-order valence-corrected chi connectivity index (χ1v) is 11.1. The minimum absolute atomic E-state index is 0.00595. The van der Waals surface area contributed by atoms with Crippen molar-refractivity contribution in [1.82, 2.24) is 0 Å². The summed E-state index contributed by atoms with van der Waals surface area (Å²) < 4.78 is 16.9. The quantitative estimate of drug-likeness (QED) is 0.305. The predicted octanol–water partition coefficient (Wildman–Crippen LogP) is 3.88. The van der Waals surface area contributed by atoms with Crippen molar-refractivity contribution in [1.29, 1.82) is 5.26 Å².